The van der Waals surface area contributed by atoms with E-state index in [1.165, 1.54) is 0 Å². The molecule has 1 aliphatic carbocycles. The van der Waals surface area contributed by atoms with Crippen LogP contribution in [-0.4, -0.2) is 20.2 Å². The van der Waals surface area contributed by atoms with Crippen molar-refractivity contribution in [1.82, 2.24) is 14.4 Å². The van der Waals surface area contributed by atoms with Crippen LogP contribution in [0.1, 0.15) is 35.1 Å². The lowest BCUT2D eigenvalue weighted by molar-refractivity contribution is 0.0951. The first-order chi connectivity index (χ1) is 9.65. The van der Waals surface area contributed by atoms with E-state index in [0.717, 1.165) is 34.4 Å². The zero-order valence-electron chi connectivity index (χ0n) is 11.6. The number of carbonyl (C=O) groups excluding carboxylic acids is 1. The standard InChI is InChI=1S/C16H15N3O/c1-9-7-12-15(14(20)8-9)10(2)19-13-6-4-3-5-11(13)17-16(19)18-12/h3-6,9H,7-8H2,1-2H3. The third-order valence-corrected chi connectivity index (χ3v) is 4.12. The van der Waals surface area contributed by atoms with E-state index < -0.39 is 0 Å². The van der Waals surface area contributed by atoms with Crippen molar-refractivity contribution in [3.8, 4) is 0 Å². The van der Waals surface area contributed by atoms with Crippen LogP contribution in [0.2, 0.25) is 0 Å². The summed E-state index contributed by atoms with van der Waals surface area (Å²) in [7, 11) is 0. The molecule has 0 N–H and O–H groups in total. The fourth-order valence-corrected chi connectivity index (χ4v) is 3.25. The Labute approximate surface area is 116 Å². The molecule has 0 spiro atoms. The summed E-state index contributed by atoms with van der Waals surface area (Å²) in [5.41, 5.74) is 4.62. The van der Waals surface area contributed by atoms with Crippen LogP contribution in [0.25, 0.3) is 16.8 Å². The van der Waals surface area contributed by atoms with Crippen LogP contribution in [0.15, 0.2) is 24.3 Å². The smallest absolute Gasteiger partial charge is 0.235 e. The molecule has 0 fully saturated rings. The molecule has 0 aliphatic heterocycles. The van der Waals surface area contributed by atoms with Crippen LogP contribution < -0.4 is 0 Å². The van der Waals surface area contributed by atoms with Gasteiger partial charge in [-0.2, -0.15) is 0 Å². The molecule has 0 saturated carbocycles. The predicted molar refractivity (Wildman–Crippen MR) is 77.0 cm³/mol. The zero-order valence-corrected chi connectivity index (χ0v) is 11.6. The molecule has 100 valence electrons. The van der Waals surface area contributed by atoms with Crippen LogP contribution in [0.5, 0.6) is 0 Å². The topological polar surface area (TPSA) is 47.3 Å². The SMILES string of the molecule is Cc1c2c(nc3nc4ccccc4n13)CC(C)CC2=O. The van der Waals surface area contributed by atoms with Crippen molar-refractivity contribution in [1.29, 1.82) is 0 Å². The Bertz CT molecular complexity index is 863. The predicted octanol–water partition coefficient (Wildman–Crippen LogP) is 2.96. The first-order valence-corrected chi connectivity index (χ1v) is 6.95. The summed E-state index contributed by atoms with van der Waals surface area (Å²) in [5.74, 6) is 1.28. The molecule has 1 unspecified atom stereocenters. The molecule has 3 aromatic rings. The van der Waals surface area contributed by atoms with Gasteiger partial charge in [0, 0.05) is 12.1 Å². The second kappa shape index (κ2) is 3.88. The molecule has 0 radical (unpaired) electrons. The van der Waals surface area contributed by atoms with Gasteiger partial charge in [-0.3, -0.25) is 9.20 Å². The number of hydrogen-bond donors (Lipinski definition) is 0. The van der Waals surface area contributed by atoms with E-state index in [4.69, 9.17) is 0 Å². The van der Waals surface area contributed by atoms with E-state index in [1.807, 2.05) is 35.6 Å². The van der Waals surface area contributed by atoms with Crippen molar-refractivity contribution < 1.29 is 4.79 Å². The number of aryl methyl sites for hydroxylation is 1. The van der Waals surface area contributed by atoms with Gasteiger partial charge in [0.2, 0.25) is 5.78 Å². The fourth-order valence-electron chi connectivity index (χ4n) is 3.25. The Hall–Kier alpha value is -2.23. The highest BCUT2D eigenvalue weighted by Gasteiger charge is 2.27. The molecule has 0 saturated heterocycles. The van der Waals surface area contributed by atoms with E-state index >= 15 is 0 Å². The summed E-state index contributed by atoms with van der Waals surface area (Å²) < 4.78 is 2.00. The number of ketones is 1. The first-order valence-electron chi connectivity index (χ1n) is 6.95. The second-order valence-corrected chi connectivity index (χ2v) is 5.69. The lowest BCUT2D eigenvalue weighted by atomic mass is 9.86. The van der Waals surface area contributed by atoms with Gasteiger partial charge in [0.15, 0.2) is 5.78 Å². The molecule has 0 amide bonds. The number of nitrogens with zero attached hydrogens (tertiary/aromatic N) is 3. The van der Waals surface area contributed by atoms with Crippen LogP contribution in [-0.2, 0) is 6.42 Å². The normalized spacial score (nSPS) is 18.7. The Morgan fingerprint density at radius 3 is 2.85 bits per heavy atom. The van der Waals surface area contributed by atoms with Crippen molar-refractivity contribution in [2.75, 3.05) is 0 Å². The van der Waals surface area contributed by atoms with E-state index in [-0.39, 0.29) is 5.78 Å². The second-order valence-electron chi connectivity index (χ2n) is 5.69. The molecule has 1 aromatic carbocycles. The Morgan fingerprint density at radius 1 is 1.20 bits per heavy atom. The first kappa shape index (κ1) is 11.6. The Morgan fingerprint density at radius 2 is 2.00 bits per heavy atom. The lowest BCUT2D eigenvalue weighted by Gasteiger charge is -2.21. The van der Waals surface area contributed by atoms with Gasteiger partial charge in [0.1, 0.15) is 0 Å². The summed E-state index contributed by atoms with van der Waals surface area (Å²) in [6, 6.07) is 7.95. The van der Waals surface area contributed by atoms with Crippen molar-refractivity contribution in [3.05, 3.63) is 41.2 Å². The number of para-hydroxylation sites is 2. The number of rotatable bonds is 0. The minimum Gasteiger partial charge on any atom is -0.294 e. The summed E-state index contributed by atoms with van der Waals surface area (Å²) in [6.45, 7) is 4.10. The van der Waals surface area contributed by atoms with Crippen LogP contribution in [0, 0.1) is 12.8 Å². The minimum atomic E-state index is 0.212. The molecule has 1 atom stereocenters. The van der Waals surface area contributed by atoms with Gasteiger partial charge >= 0.3 is 0 Å². The summed E-state index contributed by atoms with van der Waals surface area (Å²) in [6.07, 6.45) is 1.48. The molecule has 2 aromatic heterocycles. The van der Waals surface area contributed by atoms with Gasteiger partial charge in [-0.1, -0.05) is 19.1 Å². The maximum Gasteiger partial charge on any atom is 0.235 e. The quantitative estimate of drug-likeness (QED) is 0.628. The van der Waals surface area contributed by atoms with Crippen molar-refractivity contribution >= 4 is 22.6 Å². The lowest BCUT2D eigenvalue weighted by Crippen LogP contribution is -2.22. The van der Waals surface area contributed by atoms with Gasteiger partial charge in [-0.05, 0) is 31.4 Å². The van der Waals surface area contributed by atoms with Gasteiger partial charge in [0.25, 0.3) is 0 Å². The number of benzene rings is 1. The summed E-state index contributed by atoms with van der Waals surface area (Å²) >= 11 is 0. The summed E-state index contributed by atoms with van der Waals surface area (Å²) in [4.78, 5) is 21.6. The molecule has 20 heavy (non-hydrogen) atoms. The van der Waals surface area contributed by atoms with Gasteiger partial charge in [0.05, 0.1) is 22.3 Å². The van der Waals surface area contributed by atoms with Crippen LogP contribution >= 0.6 is 0 Å². The Balaban J connectivity index is 2.15. The van der Waals surface area contributed by atoms with E-state index in [2.05, 4.69) is 16.9 Å². The Kier molecular flexibility index (Phi) is 2.25. The van der Waals surface area contributed by atoms with Crippen molar-refractivity contribution in [2.24, 2.45) is 5.92 Å². The van der Waals surface area contributed by atoms with Gasteiger partial charge in [-0.25, -0.2) is 9.97 Å². The highest BCUT2D eigenvalue weighted by atomic mass is 16.1. The van der Waals surface area contributed by atoms with E-state index in [0.29, 0.717) is 18.1 Å². The maximum atomic E-state index is 12.3. The minimum absolute atomic E-state index is 0.212. The monoisotopic (exact) mass is 265 g/mol. The van der Waals surface area contributed by atoms with E-state index in [9.17, 15) is 4.79 Å². The molecule has 0 bridgehead atoms. The largest absolute Gasteiger partial charge is 0.294 e. The van der Waals surface area contributed by atoms with Crippen molar-refractivity contribution in [3.63, 3.8) is 0 Å². The number of aromatic nitrogens is 3. The average molecular weight is 265 g/mol. The van der Waals surface area contributed by atoms with Crippen LogP contribution in [0.3, 0.4) is 0 Å². The molecule has 4 rings (SSSR count). The average Bonchev–Trinajstić information content (AvgIpc) is 2.75. The molecule has 2 heterocycles. The van der Waals surface area contributed by atoms with Gasteiger partial charge in [-0.15, -0.1) is 0 Å². The van der Waals surface area contributed by atoms with Crippen molar-refractivity contribution in [2.45, 2.75) is 26.7 Å². The highest BCUT2D eigenvalue weighted by molar-refractivity contribution is 6.00. The molecule has 1 aliphatic rings. The number of imidazole rings is 1. The molecular formula is C16H15N3O. The highest BCUT2D eigenvalue weighted by Crippen LogP contribution is 2.28. The molecular weight excluding hydrogens is 250 g/mol. The number of carbonyl (C=O) groups is 1. The summed E-state index contributed by atoms with van der Waals surface area (Å²) in [5, 5.41) is 0. The van der Waals surface area contributed by atoms with Gasteiger partial charge < -0.3 is 0 Å². The number of Topliss-reactive ketones (excluding diaryl/α,β-unsaturated/α-hetero) is 1. The fraction of sp³-hybridized carbons (Fsp3) is 0.312. The molecule has 4 heteroatoms. The van der Waals surface area contributed by atoms with Crippen LogP contribution in [0.4, 0.5) is 0 Å². The number of fused-ring (bicyclic) bond motifs is 4. The third kappa shape index (κ3) is 1.45. The van der Waals surface area contributed by atoms with E-state index in [1.54, 1.807) is 0 Å². The zero-order chi connectivity index (χ0) is 13.9. The third-order valence-electron chi connectivity index (χ3n) is 4.12. The maximum absolute atomic E-state index is 12.3. The number of hydrogen-bond acceptors (Lipinski definition) is 3. The molecule has 4 nitrogen and oxygen atoms in total.